The van der Waals surface area contributed by atoms with Crippen molar-refractivity contribution in [2.45, 2.75) is 46.1 Å². The summed E-state index contributed by atoms with van der Waals surface area (Å²) in [5.41, 5.74) is 3.04. The number of amides is 1. The van der Waals surface area contributed by atoms with Crippen molar-refractivity contribution in [2.24, 2.45) is 0 Å². The van der Waals surface area contributed by atoms with Crippen LogP contribution in [-0.4, -0.2) is 5.91 Å². The van der Waals surface area contributed by atoms with E-state index in [2.05, 4.69) is 33.0 Å². The van der Waals surface area contributed by atoms with Crippen molar-refractivity contribution >= 4 is 11.6 Å². The van der Waals surface area contributed by atoms with Gasteiger partial charge in [0.1, 0.15) is 23.9 Å². The molecule has 0 unspecified atom stereocenters. The van der Waals surface area contributed by atoms with Crippen LogP contribution in [0.3, 0.4) is 0 Å². The number of furan rings is 1. The number of hydrogen-bond acceptors (Lipinski definition) is 3. The molecule has 1 amide bonds. The number of para-hydroxylation sites is 1. The van der Waals surface area contributed by atoms with Gasteiger partial charge in [-0.05, 0) is 59.4 Å². The van der Waals surface area contributed by atoms with E-state index >= 15 is 0 Å². The van der Waals surface area contributed by atoms with Gasteiger partial charge in [-0.25, -0.2) is 4.39 Å². The van der Waals surface area contributed by atoms with Crippen molar-refractivity contribution in [3.05, 3.63) is 83.1 Å². The lowest BCUT2D eigenvalue weighted by Gasteiger charge is -2.19. The van der Waals surface area contributed by atoms with Crippen LogP contribution in [0.5, 0.6) is 5.75 Å². The Kier molecular flexibility index (Phi) is 6.37. The van der Waals surface area contributed by atoms with Crippen LogP contribution in [0, 0.1) is 5.82 Å². The molecule has 0 aliphatic heterocycles. The summed E-state index contributed by atoms with van der Waals surface area (Å²) in [5.74, 6) is 1.20. The van der Waals surface area contributed by atoms with Gasteiger partial charge in [-0.15, -0.1) is 0 Å². The lowest BCUT2D eigenvalue weighted by Crippen LogP contribution is -2.15. The molecule has 29 heavy (non-hydrogen) atoms. The third-order valence-corrected chi connectivity index (χ3v) is 4.69. The van der Waals surface area contributed by atoms with Gasteiger partial charge in [0.25, 0.3) is 5.91 Å². The molecule has 0 saturated heterocycles. The molecule has 1 heterocycles. The third-order valence-electron chi connectivity index (χ3n) is 4.69. The van der Waals surface area contributed by atoms with Crippen molar-refractivity contribution in [3.8, 4) is 5.75 Å². The van der Waals surface area contributed by atoms with E-state index in [9.17, 15) is 9.18 Å². The van der Waals surface area contributed by atoms with E-state index in [1.54, 1.807) is 24.3 Å². The van der Waals surface area contributed by atoms with Crippen molar-refractivity contribution < 1.29 is 18.3 Å². The predicted molar refractivity (Wildman–Crippen MR) is 112 cm³/mol. The zero-order valence-corrected chi connectivity index (χ0v) is 17.2. The third kappa shape index (κ3) is 5.05. The first kappa shape index (κ1) is 20.6. The minimum atomic E-state index is -0.322. The molecule has 3 aromatic rings. The van der Waals surface area contributed by atoms with Crippen molar-refractivity contribution in [2.75, 3.05) is 5.32 Å². The highest BCUT2D eigenvalue weighted by Gasteiger charge is 2.18. The van der Waals surface area contributed by atoms with E-state index < -0.39 is 0 Å². The normalized spacial score (nSPS) is 11.1. The molecule has 0 fully saturated rings. The average molecular weight is 395 g/mol. The molecule has 0 radical (unpaired) electrons. The molecular weight excluding hydrogens is 369 g/mol. The Bertz CT molecular complexity index is 948. The topological polar surface area (TPSA) is 51.5 Å². The molecule has 0 saturated carbocycles. The van der Waals surface area contributed by atoms with Crippen LogP contribution in [0.2, 0.25) is 0 Å². The predicted octanol–water partition coefficient (Wildman–Crippen LogP) is 6.50. The highest BCUT2D eigenvalue weighted by molar-refractivity contribution is 6.03. The summed E-state index contributed by atoms with van der Waals surface area (Å²) in [6.45, 7) is 8.57. The van der Waals surface area contributed by atoms with Gasteiger partial charge in [-0.3, -0.25) is 4.79 Å². The van der Waals surface area contributed by atoms with Gasteiger partial charge < -0.3 is 14.5 Å². The van der Waals surface area contributed by atoms with E-state index in [-0.39, 0.29) is 35.9 Å². The molecule has 5 heteroatoms. The largest absolute Gasteiger partial charge is 0.486 e. The molecule has 0 bridgehead atoms. The summed E-state index contributed by atoms with van der Waals surface area (Å²) in [7, 11) is 0. The first-order valence-electron chi connectivity index (χ1n) is 9.76. The minimum absolute atomic E-state index is 0.152. The SMILES string of the molecule is CC(C)c1cccc(C(C)C)c1NC(=O)c1ccc(COc2ccc(F)cc2)o1. The molecular formula is C24H26FNO3. The fourth-order valence-corrected chi connectivity index (χ4v) is 3.13. The second-order valence-electron chi connectivity index (χ2n) is 7.58. The summed E-state index contributed by atoms with van der Waals surface area (Å²) < 4.78 is 24.2. The van der Waals surface area contributed by atoms with Gasteiger partial charge in [-0.1, -0.05) is 45.9 Å². The maximum Gasteiger partial charge on any atom is 0.291 e. The van der Waals surface area contributed by atoms with Crippen LogP contribution in [0.15, 0.2) is 59.0 Å². The van der Waals surface area contributed by atoms with Crippen molar-refractivity contribution in [1.29, 1.82) is 0 Å². The lowest BCUT2D eigenvalue weighted by molar-refractivity contribution is 0.0992. The van der Waals surface area contributed by atoms with Gasteiger partial charge in [0.05, 0.1) is 0 Å². The first-order chi connectivity index (χ1) is 13.8. The van der Waals surface area contributed by atoms with Gasteiger partial charge in [-0.2, -0.15) is 0 Å². The molecule has 1 N–H and O–H groups in total. The molecule has 0 aliphatic rings. The number of hydrogen-bond donors (Lipinski definition) is 1. The summed E-state index contributed by atoms with van der Waals surface area (Å²) in [6, 6.07) is 15.2. The number of nitrogens with one attached hydrogen (secondary N) is 1. The van der Waals surface area contributed by atoms with E-state index in [1.165, 1.54) is 12.1 Å². The number of ether oxygens (including phenoxy) is 1. The molecule has 2 aromatic carbocycles. The second kappa shape index (κ2) is 8.95. The van der Waals surface area contributed by atoms with Gasteiger partial charge in [0.15, 0.2) is 5.76 Å². The van der Waals surface area contributed by atoms with Crippen LogP contribution in [-0.2, 0) is 6.61 Å². The number of anilines is 1. The highest BCUT2D eigenvalue weighted by atomic mass is 19.1. The number of carbonyl (C=O) groups excluding carboxylic acids is 1. The Morgan fingerprint density at radius 3 is 2.17 bits per heavy atom. The molecule has 0 aliphatic carbocycles. The highest BCUT2D eigenvalue weighted by Crippen LogP contribution is 2.32. The molecule has 152 valence electrons. The zero-order valence-electron chi connectivity index (χ0n) is 17.2. The van der Waals surface area contributed by atoms with Crippen LogP contribution in [0.1, 0.15) is 67.0 Å². The Morgan fingerprint density at radius 1 is 0.966 bits per heavy atom. The monoisotopic (exact) mass is 395 g/mol. The van der Waals surface area contributed by atoms with Crippen molar-refractivity contribution in [3.63, 3.8) is 0 Å². The smallest absolute Gasteiger partial charge is 0.291 e. The summed E-state index contributed by atoms with van der Waals surface area (Å²) in [6.07, 6.45) is 0. The Hall–Kier alpha value is -3.08. The summed E-state index contributed by atoms with van der Waals surface area (Å²) in [5, 5.41) is 3.04. The van der Waals surface area contributed by atoms with E-state index in [0.29, 0.717) is 11.5 Å². The molecule has 3 rings (SSSR count). The first-order valence-corrected chi connectivity index (χ1v) is 9.76. The van der Waals surface area contributed by atoms with Gasteiger partial charge >= 0.3 is 0 Å². The Labute approximate surface area is 170 Å². The van der Waals surface area contributed by atoms with Crippen LogP contribution < -0.4 is 10.1 Å². The van der Waals surface area contributed by atoms with Gasteiger partial charge in [0.2, 0.25) is 0 Å². The van der Waals surface area contributed by atoms with Crippen LogP contribution in [0.25, 0.3) is 0 Å². The molecule has 1 aromatic heterocycles. The average Bonchev–Trinajstić information content (AvgIpc) is 3.16. The van der Waals surface area contributed by atoms with Crippen LogP contribution in [0.4, 0.5) is 10.1 Å². The quantitative estimate of drug-likeness (QED) is 0.497. The number of rotatable bonds is 7. The summed E-state index contributed by atoms with van der Waals surface area (Å²) >= 11 is 0. The number of benzene rings is 2. The Morgan fingerprint density at radius 2 is 1.59 bits per heavy atom. The Balaban J connectivity index is 1.73. The molecule has 0 spiro atoms. The van der Waals surface area contributed by atoms with Gasteiger partial charge in [0, 0.05) is 5.69 Å². The lowest BCUT2D eigenvalue weighted by atomic mass is 9.92. The van der Waals surface area contributed by atoms with E-state index in [0.717, 1.165) is 16.8 Å². The molecule has 4 nitrogen and oxygen atoms in total. The maximum absolute atomic E-state index is 13.0. The second-order valence-corrected chi connectivity index (χ2v) is 7.58. The standard InChI is InChI=1S/C24H26FNO3/c1-15(2)20-6-5-7-21(16(3)4)23(20)26-24(27)22-13-12-19(29-22)14-28-18-10-8-17(25)9-11-18/h5-13,15-16H,14H2,1-4H3,(H,26,27). The zero-order chi connectivity index (χ0) is 21.0. The van der Waals surface area contributed by atoms with Crippen LogP contribution >= 0.6 is 0 Å². The maximum atomic E-state index is 13.0. The fourth-order valence-electron chi connectivity index (χ4n) is 3.13. The minimum Gasteiger partial charge on any atom is -0.486 e. The van der Waals surface area contributed by atoms with E-state index in [1.807, 2.05) is 18.2 Å². The number of halogens is 1. The summed E-state index contributed by atoms with van der Waals surface area (Å²) in [4.78, 5) is 12.8. The fraction of sp³-hybridized carbons (Fsp3) is 0.292. The molecule has 0 atom stereocenters. The van der Waals surface area contributed by atoms with E-state index in [4.69, 9.17) is 9.15 Å². The number of carbonyl (C=O) groups is 1. The van der Waals surface area contributed by atoms with Crippen molar-refractivity contribution in [1.82, 2.24) is 0 Å².